The third kappa shape index (κ3) is 3.81. The monoisotopic (exact) mass is 255 g/mol. The van der Waals surface area contributed by atoms with E-state index in [1.165, 1.54) is 0 Å². The van der Waals surface area contributed by atoms with Crippen molar-refractivity contribution in [3.8, 4) is 11.3 Å². The molecule has 0 spiro atoms. The first-order valence-electron chi connectivity index (χ1n) is 6.26. The minimum absolute atomic E-state index is 0.0533. The fraction of sp³-hybridized carbons (Fsp3) is 0.200. The van der Waals surface area contributed by atoms with Crippen LogP contribution in [0.4, 0.5) is 0 Å². The van der Waals surface area contributed by atoms with E-state index in [2.05, 4.69) is 22.1 Å². The zero-order valence-electron chi connectivity index (χ0n) is 10.7. The van der Waals surface area contributed by atoms with Crippen molar-refractivity contribution in [3.05, 3.63) is 54.7 Å². The molecule has 0 bridgehead atoms. The number of hydrogen-bond acceptors (Lipinski definition) is 2. The molecule has 1 amide bonds. The fourth-order valence-corrected chi connectivity index (χ4v) is 1.74. The lowest BCUT2D eigenvalue weighted by Crippen LogP contribution is -2.22. The van der Waals surface area contributed by atoms with Crippen LogP contribution in [-0.2, 0) is 11.3 Å². The molecule has 0 fully saturated rings. The third-order valence-electron chi connectivity index (χ3n) is 2.83. The summed E-state index contributed by atoms with van der Waals surface area (Å²) in [6.07, 6.45) is 4.68. The second-order valence-corrected chi connectivity index (χ2v) is 4.27. The molecule has 0 aliphatic heterocycles. The molecule has 0 aliphatic carbocycles. The smallest absolute Gasteiger partial charge is 0.220 e. The van der Waals surface area contributed by atoms with E-state index >= 15 is 0 Å². The van der Waals surface area contributed by atoms with Gasteiger partial charge < -0.3 is 5.32 Å². The lowest BCUT2D eigenvalue weighted by Gasteiger charge is -2.05. The van der Waals surface area contributed by atoms with Crippen LogP contribution in [0.3, 0.4) is 0 Å². The van der Waals surface area contributed by atoms with Crippen LogP contribution in [0.25, 0.3) is 11.3 Å². The average Bonchev–Trinajstić information content (AvgIpc) is 2.97. The highest BCUT2D eigenvalue weighted by atomic mass is 16.1. The van der Waals surface area contributed by atoms with Crippen molar-refractivity contribution in [2.24, 2.45) is 0 Å². The minimum atomic E-state index is 0.0533. The molecule has 0 aliphatic rings. The molecule has 1 aromatic heterocycles. The summed E-state index contributed by atoms with van der Waals surface area (Å²) in [6, 6.07) is 9.96. The second-order valence-electron chi connectivity index (χ2n) is 4.27. The van der Waals surface area contributed by atoms with Crippen LogP contribution in [0.5, 0.6) is 0 Å². The molecule has 0 atom stereocenters. The number of carbonyl (C=O) groups is 1. The average molecular weight is 255 g/mol. The van der Waals surface area contributed by atoms with E-state index in [9.17, 15) is 4.79 Å². The van der Waals surface area contributed by atoms with Crippen LogP contribution in [0.1, 0.15) is 18.4 Å². The molecule has 4 heteroatoms. The Morgan fingerprint density at radius 3 is 2.74 bits per heavy atom. The van der Waals surface area contributed by atoms with Gasteiger partial charge in [-0.05, 0) is 23.6 Å². The molecule has 0 unspecified atom stereocenters. The minimum Gasteiger partial charge on any atom is -0.352 e. The van der Waals surface area contributed by atoms with E-state index in [0.29, 0.717) is 19.4 Å². The van der Waals surface area contributed by atoms with Gasteiger partial charge in [0.1, 0.15) is 0 Å². The molecular formula is C15H17N3O. The molecule has 4 nitrogen and oxygen atoms in total. The number of hydrogen-bond donors (Lipinski definition) is 2. The zero-order chi connectivity index (χ0) is 13.5. The van der Waals surface area contributed by atoms with E-state index in [4.69, 9.17) is 0 Å². The SMILES string of the molecule is C=CCCC(=O)NCc1ccc(-c2ccn[nH]2)cc1. The Balaban J connectivity index is 1.89. The van der Waals surface area contributed by atoms with Crippen LogP contribution < -0.4 is 5.32 Å². The Kier molecular flexibility index (Phi) is 4.50. The van der Waals surface area contributed by atoms with Gasteiger partial charge in [0.05, 0.1) is 5.69 Å². The van der Waals surface area contributed by atoms with E-state index in [-0.39, 0.29) is 5.91 Å². The van der Waals surface area contributed by atoms with Gasteiger partial charge in [0.25, 0.3) is 0 Å². The summed E-state index contributed by atoms with van der Waals surface area (Å²) in [5.41, 5.74) is 3.15. The van der Waals surface area contributed by atoms with Crippen molar-refractivity contribution >= 4 is 5.91 Å². The maximum Gasteiger partial charge on any atom is 0.220 e. The quantitative estimate of drug-likeness (QED) is 0.780. The Labute approximate surface area is 112 Å². The normalized spacial score (nSPS) is 10.1. The summed E-state index contributed by atoms with van der Waals surface area (Å²) >= 11 is 0. The zero-order valence-corrected chi connectivity index (χ0v) is 10.7. The summed E-state index contributed by atoms with van der Waals surface area (Å²) in [4.78, 5) is 11.5. The number of H-pyrrole nitrogens is 1. The number of aromatic amines is 1. The Morgan fingerprint density at radius 2 is 2.11 bits per heavy atom. The number of carbonyl (C=O) groups excluding carboxylic acids is 1. The van der Waals surface area contributed by atoms with E-state index in [0.717, 1.165) is 16.8 Å². The van der Waals surface area contributed by atoms with Gasteiger partial charge in [-0.25, -0.2) is 0 Å². The number of nitrogens with zero attached hydrogens (tertiary/aromatic N) is 1. The van der Waals surface area contributed by atoms with Crippen molar-refractivity contribution in [1.29, 1.82) is 0 Å². The van der Waals surface area contributed by atoms with Crippen molar-refractivity contribution in [3.63, 3.8) is 0 Å². The van der Waals surface area contributed by atoms with E-state index in [1.807, 2.05) is 30.3 Å². The highest BCUT2D eigenvalue weighted by molar-refractivity contribution is 5.76. The number of nitrogens with one attached hydrogen (secondary N) is 2. The van der Waals surface area contributed by atoms with Crippen LogP contribution >= 0.6 is 0 Å². The maximum atomic E-state index is 11.5. The number of amides is 1. The highest BCUT2D eigenvalue weighted by Gasteiger charge is 2.01. The number of allylic oxidation sites excluding steroid dienone is 1. The van der Waals surface area contributed by atoms with Crippen molar-refractivity contribution < 1.29 is 4.79 Å². The molecule has 1 aromatic carbocycles. The third-order valence-corrected chi connectivity index (χ3v) is 2.83. The molecule has 0 saturated carbocycles. The van der Waals surface area contributed by atoms with Crippen molar-refractivity contribution in [2.75, 3.05) is 0 Å². The Morgan fingerprint density at radius 1 is 1.32 bits per heavy atom. The van der Waals surface area contributed by atoms with Gasteiger partial charge in [0.2, 0.25) is 5.91 Å². The van der Waals surface area contributed by atoms with Crippen molar-refractivity contribution in [2.45, 2.75) is 19.4 Å². The van der Waals surface area contributed by atoms with Gasteiger partial charge in [-0.3, -0.25) is 9.89 Å². The van der Waals surface area contributed by atoms with Gasteiger partial charge in [-0.2, -0.15) is 5.10 Å². The standard InChI is InChI=1S/C15H17N3O/c1-2-3-4-15(19)16-11-12-5-7-13(8-6-12)14-9-10-17-18-14/h2,5-10H,1,3-4,11H2,(H,16,19)(H,17,18). The molecule has 0 saturated heterocycles. The number of rotatable bonds is 6. The molecule has 0 radical (unpaired) electrons. The Hall–Kier alpha value is -2.36. The molecule has 2 aromatic rings. The molecule has 2 rings (SSSR count). The first-order valence-corrected chi connectivity index (χ1v) is 6.26. The van der Waals surface area contributed by atoms with Crippen molar-refractivity contribution in [1.82, 2.24) is 15.5 Å². The number of aromatic nitrogens is 2. The van der Waals surface area contributed by atoms with E-state index < -0.39 is 0 Å². The first-order chi connectivity index (χ1) is 9.29. The summed E-state index contributed by atoms with van der Waals surface area (Å²) < 4.78 is 0. The fourth-order valence-electron chi connectivity index (χ4n) is 1.74. The lowest BCUT2D eigenvalue weighted by molar-refractivity contribution is -0.121. The van der Waals surface area contributed by atoms with Crippen LogP contribution in [0.15, 0.2) is 49.2 Å². The molecule has 2 N–H and O–H groups in total. The first kappa shape index (κ1) is 13.1. The topological polar surface area (TPSA) is 57.8 Å². The van der Waals surface area contributed by atoms with Gasteiger partial charge in [0, 0.05) is 19.2 Å². The maximum absolute atomic E-state index is 11.5. The molecule has 98 valence electrons. The van der Waals surface area contributed by atoms with Gasteiger partial charge in [0.15, 0.2) is 0 Å². The summed E-state index contributed by atoms with van der Waals surface area (Å²) in [5.74, 6) is 0.0533. The van der Waals surface area contributed by atoms with Crippen LogP contribution in [-0.4, -0.2) is 16.1 Å². The van der Waals surface area contributed by atoms with Gasteiger partial charge in [-0.15, -0.1) is 6.58 Å². The summed E-state index contributed by atoms with van der Waals surface area (Å²) in [5, 5.41) is 9.72. The second kappa shape index (κ2) is 6.54. The predicted octanol–water partition coefficient (Wildman–Crippen LogP) is 2.66. The summed E-state index contributed by atoms with van der Waals surface area (Å²) in [6.45, 7) is 4.15. The molecule has 1 heterocycles. The predicted molar refractivity (Wildman–Crippen MR) is 75.3 cm³/mol. The van der Waals surface area contributed by atoms with Gasteiger partial charge in [-0.1, -0.05) is 30.3 Å². The molecule has 19 heavy (non-hydrogen) atoms. The van der Waals surface area contributed by atoms with Crippen LogP contribution in [0.2, 0.25) is 0 Å². The van der Waals surface area contributed by atoms with E-state index in [1.54, 1.807) is 12.3 Å². The Bertz CT molecular complexity index is 529. The van der Waals surface area contributed by atoms with Crippen LogP contribution in [0, 0.1) is 0 Å². The largest absolute Gasteiger partial charge is 0.352 e. The molecular weight excluding hydrogens is 238 g/mol. The lowest BCUT2D eigenvalue weighted by atomic mass is 10.1. The van der Waals surface area contributed by atoms with Gasteiger partial charge >= 0.3 is 0 Å². The summed E-state index contributed by atoms with van der Waals surface area (Å²) in [7, 11) is 0. The number of benzene rings is 1. The highest BCUT2D eigenvalue weighted by Crippen LogP contribution is 2.16.